The molecule has 0 aliphatic carbocycles. The van der Waals surface area contributed by atoms with E-state index in [9.17, 15) is 19.5 Å². The lowest BCUT2D eigenvalue weighted by molar-refractivity contribution is -0.174. The Morgan fingerprint density at radius 1 is 1.22 bits per heavy atom. The molecule has 0 bridgehead atoms. The predicted molar refractivity (Wildman–Crippen MR) is 198 cm³/mol. The molecule has 0 saturated carbocycles. The van der Waals surface area contributed by atoms with Crippen molar-refractivity contribution >= 4 is 28.7 Å². The van der Waals surface area contributed by atoms with Crippen LogP contribution < -0.4 is 21.4 Å². The van der Waals surface area contributed by atoms with Crippen molar-refractivity contribution in [2.45, 2.75) is 104 Å². The normalized spacial score (nSPS) is 20.3. The summed E-state index contributed by atoms with van der Waals surface area (Å²) in [6, 6.07) is 7.43. The molecule has 0 radical (unpaired) electrons. The summed E-state index contributed by atoms with van der Waals surface area (Å²) < 4.78 is 18.8. The van der Waals surface area contributed by atoms with E-state index in [1.807, 2.05) is 31.9 Å². The van der Waals surface area contributed by atoms with Gasteiger partial charge >= 0.3 is 11.6 Å². The SMILES string of the molecule is CC=C(C)C(=O)OC(C)(C)C1(Cc2cc(N)ncc2CC(=O)N2CC(CNC)C2CCC(C)C)Cc2cc3cc(CCCO)c(=O)oc3cc2O1. The number of hydrogen-bond acceptors (Lipinski definition) is 10. The fourth-order valence-electron chi connectivity index (χ4n) is 7.35. The number of aliphatic hydroxyl groups is 1. The lowest BCUT2D eigenvalue weighted by Crippen LogP contribution is -2.61. The van der Waals surface area contributed by atoms with Crippen molar-refractivity contribution in [3.8, 4) is 5.75 Å². The van der Waals surface area contributed by atoms with Gasteiger partial charge in [-0.3, -0.25) is 4.79 Å². The Morgan fingerprint density at radius 3 is 2.67 bits per heavy atom. The third-order valence-electron chi connectivity index (χ3n) is 10.7. The number of rotatable bonds is 15. The number of esters is 1. The number of benzene rings is 1. The Kier molecular flexibility index (Phi) is 11.6. The Labute approximate surface area is 300 Å². The van der Waals surface area contributed by atoms with Crippen LogP contribution in [0.25, 0.3) is 11.0 Å². The zero-order valence-corrected chi connectivity index (χ0v) is 31.1. The highest BCUT2D eigenvalue weighted by atomic mass is 16.6. The number of nitrogen functional groups attached to an aromatic ring is 1. The molecule has 5 rings (SSSR count). The highest BCUT2D eigenvalue weighted by Crippen LogP contribution is 2.47. The average molecular weight is 703 g/mol. The molecular formula is C40H54N4O7. The molecule has 1 amide bonds. The topological polar surface area (TPSA) is 157 Å². The molecule has 3 aromatic rings. The molecule has 276 valence electrons. The molecule has 4 heterocycles. The Morgan fingerprint density at radius 2 is 1.98 bits per heavy atom. The van der Waals surface area contributed by atoms with Crippen LogP contribution in [0.1, 0.15) is 83.1 Å². The number of nitrogens with one attached hydrogen (secondary N) is 1. The van der Waals surface area contributed by atoms with Gasteiger partial charge in [0, 0.05) is 73.3 Å². The van der Waals surface area contributed by atoms with E-state index in [4.69, 9.17) is 19.6 Å². The molecule has 2 aliphatic heterocycles. The van der Waals surface area contributed by atoms with Crippen LogP contribution in [0.3, 0.4) is 0 Å². The standard InChI is InChI=1S/C40H54N4O7/c1-8-25(4)37(47)51-39(5,6)40(20-29-15-27-14-26(10-9-13-45)38(48)49-33(27)18-34(29)50-40)19-28-16-35(41)43-22-30(28)17-36(46)44-23-31(21-42-7)32(44)12-11-24(2)3/h8,14-16,18,22,24,31-32,42,45H,9-13,17,19-21,23H2,1-7H3,(H2,41,43). The first-order valence-electron chi connectivity index (χ1n) is 18.1. The van der Waals surface area contributed by atoms with Crippen molar-refractivity contribution in [3.05, 3.63) is 74.8 Å². The second kappa shape index (κ2) is 15.6. The van der Waals surface area contributed by atoms with Gasteiger partial charge in [0.1, 0.15) is 22.8 Å². The molecule has 1 fully saturated rings. The van der Waals surface area contributed by atoms with Crippen LogP contribution >= 0.6 is 0 Å². The number of carbonyl (C=O) groups excluding carboxylic acids is 2. The van der Waals surface area contributed by atoms with Crippen molar-refractivity contribution in [1.82, 2.24) is 15.2 Å². The van der Waals surface area contributed by atoms with Gasteiger partial charge in [-0.2, -0.15) is 0 Å². The Bertz CT molecular complexity index is 1850. The van der Waals surface area contributed by atoms with Gasteiger partial charge in [0.25, 0.3) is 0 Å². The molecule has 11 nitrogen and oxygen atoms in total. The monoisotopic (exact) mass is 702 g/mol. The number of nitrogens with zero attached hydrogens (tertiary/aromatic N) is 2. The summed E-state index contributed by atoms with van der Waals surface area (Å²) in [7, 11) is 1.95. The summed E-state index contributed by atoms with van der Waals surface area (Å²) in [5.41, 5.74) is 7.23. The number of anilines is 1. The van der Waals surface area contributed by atoms with E-state index in [1.54, 1.807) is 44.3 Å². The summed E-state index contributed by atoms with van der Waals surface area (Å²) >= 11 is 0. The van der Waals surface area contributed by atoms with E-state index in [0.29, 0.717) is 65.9 Å². The van der Waals surface area contributed by atoms with Gasteiger partial charge in [0.2, 0.25) is 5.91 Å². The number of nitrogens with two attached hydrogens (primary N) is 1. The highest BCUT2D eigenvalue weighted by molar-refractivity contribution is 5.88. The number of amides is 1. The molecule has 3 atom stereocenters. The number of allylic oxidation sites excluding steroid dienone is 1. The van der Waals surface area contributed by atoms with E-state index in [0.717, 1.165) is 41.5 Å². The number of aliphatic hydroxyl groups excluding tert-OH is 1. The molecule has 1 aromatic carbocycles. The van der Waals surface area contributed by atoms with Crippen LogP contribution in [-0.4, -0.2) is 70.9 Å². The zero-order chi connectivity index (χ0) is 37.1. The van der Waals surface area contributed by atoms with Crippen LogP contribution in [0.15, 0.2) is 51.3 Å². The van der Waals surface area contributed by atoms with Crippen molar-refractivity contribution in [3.63, 3.8) is 0 Å². The molecule has 2 aromatic heterocycles. The number of likely N-dealkylation sites (tertiary alicyclic amines) is 1. The smallest absolute Gasteiger partial charge is 0.339 e. The van der Waals surface area contributed by atoms with Gasteiger partial charge in [0.05, 0.1) is 6.42 Å². The first-order valence-corrected chi connectivity index (χ1v) is 18.1. The number of hydrogen-bond donors (Lipinski definition) is 3. The Hall–Kier alpha value is -4.22. The van der Waals surface area contributed by atoms with Crippen molar-refractivity contribution < 1.29 is 28.6 Å². The summed E-state index contributed by atoms with van der Waals surface area (Å²) in [6.07, 6.45) is 7.01. The van der Waals surface area contributed by atoms with E-state index < -0.39 is 22.8 Å². The van der Waals surface area contributed by atoms with E-state index in [2.05, 4.69) is 24.1 Å². The molecule has 4 N–H and O–H groups in total. The van der Waals surface area contributed by atoms with Gasteiger partial charge in [-0.15, -0.1) is 0 Å². The molecule has 11 heteroatoms. The number of fused-ring (bicyclic) bond motifs is 2. The molecule has 2 aliphatic rings. The van der Waals surface area contributed by atoms with E-state index in [-0.39, 0.29) is 31.4 Å². The fraction of sp³-hybridized carbons (Fsp3) is 0.550. The molecule has 1 saturated heterocycles. The second-order valence-electron chi connectivity index (χ2n) is 15.2. The molecule has 3 unspecified atom stereocenters. The number of pyridine rings is 1. The average Bonchev–Trinajstić information content (AvgIpc) is 3.43. The minimum absolute atomic E-state index is 0.0285. The van der Waals surface area contributed by atoms with Crippen molar-refractivity contribution in [2.24, 2.45) is 11.8 Å². The molecular weight excluding hydrogens is 648 g/mol. The van der Waals surface area contributed by atoms with Gasteiger partial charge in [0.15, 0.2) is 5.60 Å². The van der Waals surface area contributed by atoms with Crippen molar-refractivity contribution in [1.29, 1.82) is 0 Å². The second-order valence-corrected chi connectivity index (χ2v) is 15.2. The van der Waals surface area contributed by atoms with Gasteiger partial charge < -0.3 is 34.9 Å². The number of carbonyl (C=O) groups is 2. The summed E-state index contributed by atoms with van der Waals surface area (Å²) in [5, 5.41) is 13.3. The van der Waals surface area contributed by atoms with Gasteiger partial charge in [-0.1, -0.05) is 19.9 Å². The predicted octanol–water partition coefficient (Wildman–Crippen LogP) is 4.92. The molecule has 0 spiro atoms. The maximum atomic E-state index is 13.9. The lowest BCUT2D eigenvalue weighted by atomic mass is 9.76. The van der Waals surface area contributed by atoms with E-state index in [1.165, 1.54) is 0 Å². The van der Waals surface area contributed by atoms with Crippen LogP contribution in [0.4, 0.5) is 5.82 Å². The number of aromatic nitrogens is 1. The van der Waals surface area contributed by atoms with Crippen LogP contribution in [0.5, 0.6) is 5.75 Å². The van der Waals surface area contributed by atoms with Gasteiger partial charge in [-0.05, 0) is 101 Å². The minimum Gasteiger partial charge on any atom is -0.482 e. The maximum Gasteiger partial charge on any atom is 0.339 e. The lowest BCUT2D eigenvalue weighted by Gasteiger charge is -2.49. The minimum atomic E-state index is -1.17. The van der Waals surface area contributed by atoms with Crippen molar-refractivity contribution in [2.75, 3.05) is 32.5 Å². The fourth-order valence-corrected chi connectivity index (χ4v) is 7.35. The highest BCUT2D eigenvalue weighted by Gasteiger charge is 2.54. The quantitative estimate of drug-likeness (QED) is 0.113. The summed E-state index contributed by atoms with van der Waals surface area (Å²) in [4.78, 5) is 46.3. The largest absolute Gasteiger partial charge is 0.482 e. The summed E-state index contributed by atoms with van der Waals surface area (Å²) in [6.45, 7) is 13.1. The number of aryl methyl sites for hydroxylation is 1. The first-order chi connectivity index (χ1) is 24.2. The third-order valence-corrected chi connectivity index (χ3v) is 10.7. The van der Waals surface area contributed by atoms with Crippen LogP contribution in [0.2, 0.25) is 0 Å². The molecule has 51 heavy (non-hydrogen) atoms. The summed E-state index contributed by atoms with van der Waals surface area (Å²) in [5.74, 6) is 1.37. The van der Waals surface area contributed by atoms with Crippen LogP contribution in [0, 0.1) is 11.8 Å². The first kappa shape index (κ1) is 38.0. The third kappa shape index (κ3) is 8.15. The van der Waals surface area contributed by atoms with Crippen LogP contribution in [-0.2, 0) is 40.0 Å². The number of ether oxygens (including phenoxy) is 2. The van der Waals surface area contributed by atoms with Gasteiger partial charge in [-0.25, -0.2) is 14.6 Å². The zero-order valence-electron chi connectivity index (χ0n) is 31.1. The van der Waals surface area contributed by atoms with E-state index >= 15 is 0 Å². The maximum absolute atomic E-state index is 13.9. The Balaban J connectivity index is 1.50.